The van der Waals surface area contributed by atoms with Crippen LogP contribution in [-0.2, 0) is 11.3 Å². The van der Waals surface area contributed by atoms with Crippen LogP contribution in [0.5, 0.6) is 0 Å². The predicted octanol–water partition coefficient (Wildman–Crippen LogP) is 2.08. The molecule has 2 heterocycles. The number of nitrogens with zero attached hydrogens (tertiary/aromatic N) is 3. The van der Waals surface area contributed by atoms with Gasteiger partial charge in [0.25, 0.3) is 0 Å². The number of rotatable bonds is 6. The van der Waals surface area contributed by atoms with Crippen LogP contribution in [0.4, 0.5) is 5.95 Å². The summed E-state index contributed by atoms with van der Waals surface area (Å²) in [5.41, 5.74) is 2.20. The Morgan fingerprint density at radius 1 is 1.37 bits per heavy atom. The highest BCUT2D eigenvalue weighted by Crippen LogP contribution is 2.12. The number of methoxy groups -OCH3 is 1. The zero-order valence-corrected chi connectivity index (χ0v) is 11.6. The maximum atomic E-state index is 5.13. The van der Waals surface area contributed by atoms with Gasteiger partial charge in [0, 0.05) is 31.7 Å². The first-order valence-electron chi connectivity index (χ1n) is 6.37. The Hall–Kier alpha value is -1.88. The zero-order chi connectivity index (χ0) is 13.7. The second-order valence-electron chi connectivity index (χ2n) is 4.69. The van der Waals surface area contributed by atoms with E-state index in [0.717, 1.165) is 18.2 Å². The number of hydrogen-bond donors (Lipinski definition) is 1. The Morgan fingerprint density at radius 3 is 2.79 bits per heavy atom. The molecule has 0 saturated heterocycles. The van der Waals surface area contributed by atoms with Crippen molar-refractivity contribution in [3.05, 3.63) is 42.0 Å². The molecule has 102 valence electrons. The van der Waals surface area contributed by atoms with Crippen molar-refractivity contribution in [1.82, 2.24) is 14.5 Å². The molecule has 2 aromatic heterocycles. The van der Waals surface area contributed by atoms with E-state index in [9.17, 15) is 0 Å². The van der Waals surface area contributed by atoms with Crippen LogP contribution in [0.3, 0.4) is 0 Å². The minimum atomic E-state index is 0.225. The van der Waals surface area contributed by atoms with Crippen molar-refractivity contribution in [2.75, 3.05) is 19.0 Å². The van der Waals surface area contributed by atoms with E-state index in [0.29, 0.717) is 6.61 Å². The average molecular weight is 260 g/mol. The molecule has 1 unspecified atom stereocenters. The molecule has 0 spiro atoms. The molecule has 0 aromatic carbocycles. The van der Waals surface area contributed by atoms with Gasteiger partial charge in [0.15, 0.2) is 0 Å². The molecule has 1 N–H and O–H groups in total. The molecule has 1 atom stereocenters. The summed E-state index contributed by atoms with van der Waals surface area (Å²) in [6.45, 7) is 5.51. The minimum Gasteiger partial charge on any atom is -0.383 e. The third-order valence-electron chi connectivity index (χ3n) is 2.79. The maximum absolute atomic E-state index is 5.13. The molecule has 0 fully saturated rings. The highest BCUT2D eigenvalue weighted by molar-refractivity contribution is 5.31. The Labute approximate surface area is 113 Å². The monoisotopic (exact) mass is 260 g/mol. The molecule has 0 aliphatic carbocycles. The van der Waals surface area contributed by atoms with Crippen LogP contribution in [0.2, 0.25) is 0 Å². The van der Waals surface area contributed by atoms with E-state index in [-0.39, 0.29) is 6.04 Å². The molecule has 0 amide bonds. The van der Waals surface area contributed by atoms with Gasteiger partial charge in [-0.25, -0.2) is 4.98 Å². The molecule has 0 radical (unpaired) electrons. The van der Waals surface area contributed by atoms with Gasteiger partial charge >= 0.3 is 0 Å². The summed E-state index contributed by atoms with van der Waals surface area (Å²) in [6.07, 6.45) is 5.65. The summed E-state index contributed by atoms with van der Waals surface area (Å²) in [7, 11) is 1.70. The number of pyridine rings is 1. The molecular weight excluding hydrogens is 240 g/mol. The fourth-order valence-corrected chi connectivity index (χ4v) is 1.98. The standard InChI is InChI=1S/C14H20N4O/c1-11-8-18(9-13-4-6-15-7-5-13)14(16-11)17-12(2)10-19-3/h4-8,12H,9-10H2,1-3H3,(H,16,17). The van der Waals surface area contributed by atoms with Crippen LogP contribution < -0.4 is 5.32 Å². The summed E-state index contributed by atoms with van der Waals surface area (Å²) in [4.78, 5) is 8.54. The molecule has 5 heteroatoms. The number of anilines is 1. The van der Waals surface area contributed by atoms with Gasteiger partial charge in [-0.2, -0.15) is 0 Å². The van der Waals surface area contributed by atoms with Crippen LogP contribution >= 0.6 is 0 Å². The van der Waals surface area contributed by atoms with Crippen molar-refractivity contribution in [2.24, 2.45) is 0 Å². The maximum Gasteiger partial charge on any atom is 0.203 e. The van der Waals surface area contributed by atoms with Gasteiger partial charge in [-0.15, -0.1) is 0 Å². The zero-order valence-electron chi connectivity index (χ0n) is 11.6. The highest BCUT2D eigenvalue weighted by Gasteiger charge is 2.09. The largest absolute Gasteiger partial charge is 0.383 e. The number of aromatic nitrogens is 3. The second kappa shape index (κ2) is 6.33. The number of hydrogen-bond acceptors (Lipinski definition) is 4. The van der Waals surface area contributed by atoms with Gasteiger partial charge in [0.1, 0.15) is 0 Å². The fourth-order valence-electron chi connectivity index (χ4n) is 1.98. The number of nitrogens with one attached hydrogen (secondary N) is 1. The molecule has 19 heavy (non-hydrogen) atoms. The molecule has 0 aliphatic heterocycles. The molecule has 5 nitrogen and oxygen atoms in total. The van der Waals surface area contributed by atoms with Gasteiger partial charge in [0.2, 0.25) is 5.95 Å². The molecule has 0 aliphatic rings. The van der Waals surface area contributed by atoms with E-state index < -0.39 is 0 Å². The Bertz CT molecular complexity index is 509. The number of aryl methyl sites for hydroxylation is 1. The van der Waals surface area contributed by atoms with E-state index in [1.54, 1.807) is 19.5 Å². The summed E-state index contributed by atoms with van der Waals surface area (Å²) in [5.74, 6) is 0.874. The normalized spacial score (nSPS) is 12.4. The van der Waals surface area contributed by atoms with Gasteiger partial charge < -0.3 is 14.6 Å². The Balaban J connectivity index is 2.12. The summed E-state index contributed by atoms with van der Waals surface area (Å²) in [5, 5.41) is 3.36. The quantitative estimate of drug-likeness (QED) is 0.864. The average Bonchev–Trinajstić information content (AvgIpc) is 2.71. The lowest BCUT2D eigenvalue weighted by Crippen LogP contribution is -2.23. The lowest BCUT2D eigenvalue weighted by atomic mass is 10.3. The predicted molar refractivity (Wildman–Crippen MR) is 75.3 cm³/mol. The van der Waals surface area contributed by atoms with Crippen LogP contribution in [0, 0.1) is 6.92 Å². The van der Waals surface area contributed by atoms with Crippen LogP contribution in [0.1, 0.15) is 18.2 Å². The van der Waals surface area contributed by atoms with E-state index in [4.69, 9.17) is 4.74 Å². The van der Waals surface area contributed by atoms with E-state index in [1.807, 2.05) is 25.3 Å². The smallest absolute Gasteiger partial charge is 0.203 e. The van der Waals surface area contributed by atoms with Crippen molar-refractivity contribution in [3.63, 3.8) is 0 Å². The van der Waals surface area contributed by atoms with Gasteiger partial charge in [-0.3, -0.25) is 4.98 Å². The van der Waals surface area contributed by atoms with E-state index in [2.05, 4.69) is 26.8 Å². The lowest BCUT2D eigenvalue weighted by molar-refractivity contribution is 0.190. The molecular formula is C14H20N4O. The first-order valence-corrected chi connectivity index (χ1v) is 6.37. The van der Waals surface area contributed by atoms with Crippen molar-refractivity contribution in [3.8, 4) is 0 Å². The van der Waals surface area contributed by atoms with Crippen molar-refractivity contribution in [1.29, 1.82) is 0 Å². The Kier molecular flexibility index (Phi) is 4.52. The lowest BCUT2D eigenvalue weighted by Gasteiger charge is -2.15. The third-order valence-corrected chi connectivity index (χ3v) is 2.79. The summed E-state index contributed by atoms with van der Waals surface area (Å²) >= 11 is 0. The summed E-state index contributed by atoms with van der Waals surface area (Å²) in [6, 6.07) is 4.25. The van der Waals surface area contributed by atoms with Crippen molar-refractivity contribution in [2.45, 2.75) is 26.4 Å². The summed E-state index contributed by atoms with van der Waals surface area (Å²) < 4.78 is 7.24. The van der Waals surface area contributed by atoms with E-state index in [1.165, 1.54) is 5.56 Å². The van der Waals surface area contributed by atoms with Crippen LogP contribution in [-0.4, -0.2) is 34.3 Å². The van der Waals surface area contributed by atoms with Gasteiger partial charge in [-0.1, -0.05) is 0 Å². The van der Waals surface area contributed by atoms with Crippen molar-refractivity contribution >= 4 is 5.95 Å². The van der Waals surface area contributed by atoms with Crippen LogP contribution in [0.15, 0.2) is 30.7 Å². The second-order valence-corrected chi connectivity index (χ2v) is 4.69. The molecule has 0 saturated carbocycles. The molecule has 0 bridgehead atoms. The van der Waals surface area contributed by atoms with Crippen molar-refractivity contribution < 1.29 is 4.74 Å². The first kappa shape index (κ1) is 13.5. The highest BCUT2D eigenvalue weighted by atomic mass is 16.5. The third kappa shape index (κ3) is 3.79. The fraction of sp³-hybridized carbons (Fsp3) is 0.429. The molecule has 2 rings (SSSR count). The topological polar surface area (TPSA) is 52.0 Å². The number of imidazole rings is 1. The Morgan fingerprint density at radius 2 is 2.11 bits per heavy atom. The van der Waals surface area contributed by atoms with Crippen LogP contribution in [0.25, 0.3) is 0 Å². The molecule has 2 aromatic rings. The van der Waals surface area contributed by atoms with Gasteiger partial charge in [0.05, 0.1) is 18.8 Å². The first-order chi connectivity index (χ1) is 9.19. The minimum absolute atomic E-state index is 0.225. The number of ether oxygens (including phenoxy) is 1. The van der Waals surface area contributed by atoms with Gasteiger partial charge in [-0.05, 0) is 31.5 Å². The van der Waals surface area contributed by atoms with E-state index >= 15 is 0 Å². The SMILES string of the molecule is COCC(C)Nc1nc(C)cn1Cc1ccncc1.